The Hall–Kier alpha value is -1.15. The van der Waals surface area contributed by atoms with Crippen LogP contribution in [0, 0.1) is 6.92 Å². The van der Waals surface area contributed by atoms with Gasteiger partial charge in [-0.3, -0.25) is 4.79 Å². The maximum atomic E-state index is 11.3. The van der Waals surface area contributed by atoms with Gasteiger partial charge in [-0.25, -0.2) is 0 Å². The number of nitrogens with two attached hydrogens (primary N) is 1. The summed E-state index contributed by atoms with van der Waals surface area (Å²) in [6.45, 7) is 3.79. The van der Waals surface area contributed by atoms with Crippen LogP contribution in [0.15, 0.2) is 24.3 Å². The Labute approximate surface area is 85.1 Å². The Balaban J connectivity index is 2.46. The predicted molar refractivity (Wildman–Crippen MR) is 58.2 cm³/mol. The summed E-state index contributed by atoms with van der Waals surface area (Å²) in [4.78, 5) is 11.3. The third-order valence-electron chi connectivity index (χ3n) is 2.29. The second-order valence-electron chi connectivity index (χ2n) is 3.74. The maximum Gasteiger partial charge on any atom is 0.149 e. The highest BCUT2D eigenvalue weighted by molar-refractivity contribution is 5.83. The molecule has 0 spiro atoms. The lowest BCUT2D eigenvalue weighted by molar-refractivity contribution is -0.119. The molecule has 14 heavy (non-hydrogen) atoms. The molecule has 1 atom stereocenters. The summed E-state index contributed by atoms with van der Waals surface area (Å²) in [5.74, 6) is 0.130. The van der Waals surface area contributed by atoms with E-state index in [1.54, 1.807) is 6.92 Å². The van der Waals surface area contributed by atoms with Crippen molar-refractivity contribution in [3.8, 4) is 0 Å². The molecule has 2 N–H and O–H groups in total. The summed E-state index contributed by atoms with van der Waals surface area (Å²) in [5, 5.41) is 0. The van der Waals surface area contributed by atoms with E-state index in [1.807, 2.05) is 0 Å². The zero-order valence-electron chi connectivity index (χ0n) is 8.79. The molecule has 0 saturated carbocycles. The van der Waals surface area contributed by atoms with Gasteiger partial charge < -0.3 is 5.73 Å². The standard InChI is InChI=1S/C12H17NO/c1-9-3-5-11(6-4-9)7-8-12(14)10(2)13/h3-6,10H,7-8,13H2,1-2H3/t10-/m1/s1. The number of ketones is 1. The van der Waals surface area contributed by atoms with E-state index in [2.05, 4.69) is 31.2 Å². The molecule has 1 rings (SSSR count). The van der Waals surface area contributed by atoms with Crippen molar-refractivity contribution < 1.29 is 4.79 Å². The monoisotopic (exact) mass is 191 g/mol. The van der Waals surface area contributed by atoms with Crippen LogP contribution in [0.4, 0.5) is 0 Å². The lowest BCUT2D eigenvalue weighted by Crippen LogP contribution is -2.26. The molecule has 76 valence electrons. The molecule has 0 aliphatic heterocycles. The Morgan fingerprint density at radius 3 is 2.43 bits per heavy atom. The largest absolute Gasteiger partial charge is 0.322 e. The van der Waals surface area contributed by atoms with Crippen LogP contribution in [-0.4, -0.2) is 11.8 Å². The van der Waals surface area contributed by atoms with Crippen molar-refractivity contribution in [2.75, 3.05) is 0 Å². The molecular formula is C12H17NO. The Bertz CT molecular complexity index is 301. The minimum atomic E-state index is -0.333. The second kappa shape index (κ2) is 4.91. The third kappa shape index (κ3) is 3.30. The Kier molecular flexibility index (Phi) is 3.84. The Morgan fingerprint density at radius 1 is 1.36 bits per heavy atom. The van der Waals surface area contributed by atoms with Crippen LogP contribution in [0.1, 0.15) is 24.5 Å². The molecule has 0 unspecified atom stereocenters. The summed E-state index contributed by atoms with van der Waals surface area (Å²) in [7, 11) is 0. The zero-order valence-corrected chi connectivity index (χ0v) is 8.79. The first-order chi connectivity index (χ1) is 6.59. The lowest BCUT2D eigenvalue weighted by Gasteiger charge is -2.04. The van der Waals surface area contributed by atoms with E-state index in [0.717, 1.165) is 6.42 Å². The maximum absolute atomic E-state index is 11.3. The highest BCUT2D eigenvalue weighted by Gasteiger charge is 2.06. The lowest BCUT2D eigenvalue weighted by atomic mass is 10.0. The van der Waals surface area contributed by atoms with Gasteiger partial charge in [0.15, 0.2) is 0 Å². The fourth-order valence-corrected chi connectivity index (χ4v) is 1.25. The average molecular weight is 191 g/mol. The molecule has 0 heterocycles. The summed E-state index contributed by atoms with van der Waals surface area (Å²) in [5.41, 5.74) is 7.92. The SMILES string of the molecule is Cc1ccc(CCC(=O)[C@@H](C)N)cc1. The number of carbonyl (C=O) groups is 1. The van der Waals surface area contributed by atoms with Crippen molar-refractivity contribution in [2.45, 2.75) is 32.7 Å². The average Bonchev–Trinajstić information content (AvgIpc) is 2.16. The van der Waals surface area contributed by atoms with Gasteiger partial charge in [-0.2, -0.15) is 0 Å². The molecule has 1 aromatic carbocycles. The topological polar surface area (TPSA) is 43.1 Å². The number of Topliss-reactive ketones (excluding diaryl/α,β-unsaturated/α-hetero) is 1. The molecule has 0 aliphatic rings. The van der Waals surface area contributed by atoms with E-state index in [4.69, 9.17) is 5.73 Å². The van der Waals surface area contributed by atoms with E-state index < -0.39 is 0 Å². The molecular weight excluding hydrogens is 174 g/mol. The molecule has 0 saturated heterocycles. The summed E-state index contributed by atoms with van der Waals surface area (Å²) in [6.07, 6.45) is 1.33. The fraction of sp³-hybridized carbons (Fsp3) is 0.417. The molecule has 0 bridgehead atoms. The molecule has 0 amide bonds. The third-order valence-corrected chi connectivity index (χ3v) is 2.29. The van der Waals surface area contributed by atoms with Gasteiger partial charge in [0, 0.05) is 6.42 Å². The number of rotatable bonds is 4. The minimum absolute atomic E-state index is 0.130. The predicted octanol–water partition coefficient (Wildman–Crippen LogP) is 1.84. The smallest absolute Gasteiger partial charge is 0.149 e. The first-order valence-electron chi connectivity index (χ1n) is 4.93. The molecule has 0 fully saturated rings. The van der Waals surface area contributed by atoms with E-state index in [1.165, 1.54) is 11.1 Å². The number of carbonyl (C=O) groups excluding carboxylic acids is 1. The van der Waals surface area contributed by atoms with Crippen molar-refractivity contribution in [1.29, 1.82) is 0 Å². The molecule has 2 nitrogen and oxygen atoms in total. The number of hydrogen-bond acceptors (Lipinski definition) is 2. The Morgan fingerprint density at radius 2 is 1.93 bits per heavy atom. The van der Waals surface area contributed by atoms with Gasteiger partial charge in [0.2, 0.25) is 0 Å². The second-order valence-corrected chi connectivity index (χ2v) is 3.74. The van der Waals surface area contributed by atoms with Crippen molar-refractivity contribution in [3.63, 3.8) is 0 Å². The molecule has 1 aromatic rings. The van der Waals surface area contributed by atoms with Crippen molar-refractivity contribution >= 4 is 5.78 Å². The van der Waals surface area contributed by atoms with Gasteiger partial charge in [-0.15, -0.1) is 0 Å². The van der Waals surface area contributed by atoms with Crippen LogP contribution in [0.5, 0.6) is 0 Å². The van der Waals surface area contributed by atoms with Crippen LogP contribution < -0.4 is 5.73 Å². The van der Waals surface area contributed by atoms with Crippen LogP contribution in [-0.2, 0) is 11.2 Å². The summed E-state index contributed by atoms with van der Waals surface area (Å²) in [6, 6.07) is 7.91. The molecule has 2 heteroatoms. The molecule has 0 aromatic heterocycles. The van der Waals surface area contributed by atoms with Crippen molar-refractivity contribution in [3.05, 3.63) is 35.4 Å². The van der Waals surface area contributed by atoms with E-state index in [-0.39, 0.29) is 11.8 Å². The van der Waals surface area contributed by atoms with E-state index in [0.29, 0.717) is 6.42 Å². The summed E-state index contributed by atoms with van der Waals surface area (Å²) >= 11 is 0. The quantitative estimate of drug-likeness (QED) is 0.789. The normalized spacial score (nSPS) is 12.5. The number of aryl methyl sites for hydroxylation is 2. The molecule has 0 radical (unpaired) electrons. The first-order valence-corrected chi connectivity index (χ1v) is 4.93. The highest BCUT2D eigenvalue weighted by Crippen LogP contribution is 2.06. The van der Waals surface area contributed by atoms with Gasteiger partial charge in [0.1, 0.15) is 5.78 Å². The van der Waals surface area contributed by atoms with Gasteiger partial charge in [-0.05, 0) is 25.8 Å². The van der Waals surface area contributed by atoms with E-state index in [9.17, 15) is 4.79 Å². The van der Waals surface area contributed by atoms with Gasteiger partial charge >= 0.3 is 0 Å². The zero-order chi connectivity index (χ0) is 10.6. The minimum Gasteiger partial charge on any atom is -0.322 e. The highest BCUT2D eigenvalue weighted by atomic mass is 16.1. The van der Waals surface area contributed by atoms with E-state index >= 15 is 0 Å². The first kappa shape index (κ1) is 10.9. The number of benzene rings is 1. The van der Waals surface area contributed by atoms with Crippen molar-refractivity contribution in [1.82, 2.24) is 0 Å². The van der Waals surface area contributed by atoms with Crippen LogP contribution in [0.25, 0.3) is 0 Å². The molecule has 0 aliphatic carbocycles. The van der Waals surface area contributed by atoms with Crippen LogP contribution in [0.3, 0.4) is 0 Å². The van der Waals surface area contributed by atoms with Crippen LogP contribution in [0.2, 0.25) is 0 Å². The number of hydrogen-bond donors (Lipinski definition) is 1. The fourth-order valence-electron chi connectivity index (χ4n) is 1.25. The summed E-state index contributed by atoms with van der Waals surface area (Å²) < 4.78 is 0. The van der Waals surface area contributed by atoms with Crippen LogP contribution >= 0.6 is 0 Å². The van der Waals surface area contributed by atoms with Gasteiger partial charge in [0.05, 0.1) is 6.04 Å². The van der Waals surface area contributed by atoms with Gasteiger partial charge in [0.25, 0.3) is 0 Å². The van der Waals surface area contributed by atoms with Crippen molar-refractivity contribution in [2.24, 2.45) is 5.73 Å². The van der Waals surface area contributed by atoms with Gasteiger partial charge in [-0.1, -0.05) is 29.8 Å².